The van der Waals surface area contributed by atoms with E-state index in [4.69, 9.17) is 4.74 Å². The molecule has 0 unspecified atom stereocenters. The third kappa shape index (κ3) is 3.96. The molecule has 4 nitrogen and oxygen atoms in total. The van der Waals surface area contributed by atoms with Gasteiger partial charge in [0.2, 0.25) is 5.91 Å². The van der Waals surface area contributed by atoms with Gasteiger partial charge < -0.3 is 15.0 Å². The highest BCUT2D eigenvalue weighted by atomic mass is 16.5. The first kappa shape index (κ1) is 13.9. The first-order valence-electron chi connectivity index (χ1n) is 6.86. The van der Waals surface area contributed by atoms with E-state index < -0.39 is 0 Å². The minimum Gasteiger partial charge on any atom is -0.378 e. The molecule has 0 bridgehead atoms. The van der Waals surface area contributed by atoms with Gasteiger partial charge in [0.1, 0.15) is 0 Å². The van der Waals surface area contributed by atoms with Gasteiger partial charge in [-0.3, -0.25) is 4.79 Å². The molecule has 0 aromatic heterocycles. The van der Waals surface area contributed by atoms with Crippen molar-refractivity contribution in [3.63, 3.8) is 0 Å². The minimum absolute atomic E-state index is 0.137. The van der Waals surface area contributed by atoms with E-state index in [0.29, 0.717) is 38.8 Å². The van der Waals surface area contributed by atoms with Crippen LogP contribution in [0.2, 0.25) is 0 Å². The normalized spacial score (nSPS) is 15.6. The van der Waals surface area contributed by atoms with Gasteiger partial charge in [-0.2, -0.15) is 0 Å². The van der Waals surface area contributed by atoms with Gasteiger partial charge in [0.05, 0.1) is 19.8 Å². The number of hydrogen-bond acceptors (Lipinski definition) is 3. The maximum Gasteiger partial charge on any atom is 0.242 e. The summed E-state index contributed by atoms with van der Waals surface area (Å²) >= 11 is 0. The van der Waals surface area contributed by atoms with Crippen molar-refractivity contribution in [2.24, 2.45) is 0 Å². The van der Waals surface area contributed by atoms with Crippen molar-refractivity contribution in [3.05, 3.63) is 29.8 Å². The fourth-order valence-corrected chi connectivity index (χ4v) is 2.11. The average Bonchev–Trinajstić information content (AvgIpc) is 2.46. The predicted octanol–water partition coefficient (Wildman–Crippen LogP) is 2.08. The highest BCUT2D eigenvalue weighted by molar-refractivity contribution is 5.81. The number of benzene rings is 1. The Hall–Kier alpha value is -1.55. The van der Waals surface area contributed by atoms with Crippen molar-refractivity contribution in [1.29, 1.82) is 0 Å². The molecule has 4 heteroatoms. The summed E-state index contributed by atoms with van der Waals surface area (Å²) in [6.45, 7) is 7.37. The van der Waals surface area contributed by atoms with Gasteiger partial charge in [-0.05, 0) is 23.6 Å². The molecule has 1 heterocycles. The lowest BCUT2D eigenvalue weighted by Gasteiger charge is -2.27. The first-order chi connectivity index (χ1) is 9.16. The van der Waals surface area contributed by atoms with E-state index in [1.165, 1.54) is 5.56 Å². The van der Waals surface area contributed by atoms with Crippen LogP contribution in [0.25, 0.3) is 0 Å². The van der Waals surface area contributed by atoms with Crippen molar-refractivity contribution in [2.45, 2.75) is 19.8 Å². The number of rotatable bonds is 4. The number of carbonyl (C=O) groups is 1. The molecule has 0 saturated carbocycles. The third-order valence-corrected chi connectivity index (χ3v) is 3.36. The van der Waals surface area contributed by atoms with Gasteiger partial charge in [-0.15, -0.1) is 0 Å². The number of ether oxygens (including phenoxy) is 1. The minimum atomic E-state index is 0.137. The van der Waals surface area contributed by atoms with Gasteiger partial charge in [0.15, 0.2) is 0 Å². The monoisotopic (exact) mass is 262 g/mol. The van der Waals surface area contributed by atoms with Crippen LogP contribution in [0.4, 0.5) is 5.69 Å². The lowest BCUT2D eigenvalue weighted by molar-refractivity contribution is -0.133. The number of nitrogens with zero attached hydrogens (tertiary/aromatic N) is 1. The summed E-state index contributed by atoms with van der Waals surface area (Å²) in [5, 5.41) is 3.20. The fraction of sp³-hybridized carbons (Fsp3) is 0.533. The largest absolute Gasteiger partial charge is 0.378 e. The molecule has 1 amide bonds. The smallest absolute Gasteiger partial charge is 0.242 e. The maximum absolute atomic E-state index is 12.0. The zero-order valence-corrected chi connectivity index (χ0v) is 11.7. The molecular weight excluding hydrogens is 240 g/mol. The first-order valence-corrected chi connectivity index (χ1v) is 6.86. The van der Waals surface area contributed by atoms with Crippen LogP contribution in [0.5, 0.6) is 0 Å². The van der Waals surface area contributed by atoms with Crippen LogP contribution in [0.15, 0.2) is 24.3 Å². The van der Waals surface area contributed by atoms with E-state index in [2.05, 4.69) is 31.3 Å². The second-order valence-electron chi connectivity index (χ2n) is 5.13. The Morgan fingerprint density at radius 2 is 2.11 bits per heavy atom. The van der Waals surface area contributed by atoms with Gasteiger partial charge >= 0.3 is 0 Å². The second kappa shape index (κ2) is 6.57. The van der Waals surface area contributed by atoms with Crippen LogP contribution in [-0.4, -0.2) is 43.7 Å². The lowest BCUT2D eigenvalue weighted by atomic mass is 10.0. The standard InChI is InChI=1S/C15H22N2O2/c1-12(2)13-4-3-5-14(10-13)16-11-15(18)17-6-8-19-9-7-17/h3-5,10,12,16H,6-9,11H2,1-2H3. The Kier molecular flexibility index (Phi) is 4.80. The number of nitrogens with one attached hydrogen (secondary N) is 1. The summed E-state index contributed by atoms with van der Waals surface area (Å²) in [4.78, 5) is 13.8. The van der Waals surface area contributed by atoms with E-state index in [-0.39, 0.29) is 5.91 Å². The molecule has 0 atom stereocenters. The highest BCUT2D eigenvalue weighted by Gasteiger charge is 2.16. The molecule has 1 fully saturated rings. The third-order valence-electron chi connectivity index (χ3n) is 3.36. The van der Waals surface area contributed by atoms with E-state index in [0.717, 1.165) is 5.69 Å². The van der Waals surface area contributed by atoms with E-state index >= 15 is 0 Å². The molecule has 1 aromatic carbocycles. The maximum atomic E-state index is 12.0. The van der Waals surface area contributed by atoms with Gasteiger partial charge in [0, 0.05) is 18.8 Å². The Labute approximate surface area is 114 Å². The van der Waals surface area contributed by atoms with Crippen molar-refractivity contribution >= 4 is 11.6 Å². The summed E-state index contributed by atoms with van der Waals surface area (Å²) in [5.74, 6) is 0.634. The Morgan fingerprint density at radius 3 is 2.79 bits per heavy atom. The molecule has 0 radical (unpaired) electrons. The quantitative estimate of drug-likeness (QED) is 0.903. The Morgan fingerprint density at radius 1 is 1.37 bits per heavy atom. The summed E-state index contributed by atoms with van der Waals surface area (Å²) in [6, 6.07) is 8.24. The van der Waals surface area contributed by atoms with Gasteiger partial charge in [0.25, 0.3) is 0 Å². The number of hydrogen-bond donors (Lipinski definition) is 1. The molecule has 2 rings (SSSR count). The van der Waals surface area contributed by atoms with Crippen LogP contribution in [-0.2, 0) is 9.53 Å². The van der Waals surface area contributed by atoms with Crippen molar-refractivity contribution in [2.75, 3.05) is 38.2 Å². The van der Waals surface area contributed by atoms with E-state index in [1.54, 1.807) is 0 Å². The Balaban J connectivity index is 1.87. The fourth-order valence-electron chi connectivity index (χ4n) is 2.11. The number of anilines is 1. The summed E-state index contributed by atoms with van der Waals surface area (Å²) in [5.41, 5.74) is 2.29. The second-order valence-corrected chi connectivity index (χ2v) is 5.13. The van der Waals surface area contributed by atoms with E-state index in [1.807, 2.05) is 17.0 Å². The molecule has 1 aliphatic rings. The van der Waals surface area contributed by atoms with Crippen molar-refractivity contribution in [3.8, 4) is 0 Å². The SMILES string of the molecule is CC(C)c1cccc(NCC(=O)N2CCOCC2)c1. The predicted molar refractivity (Wildman–Crippen MR) is 76.4 cm³/mol. The number of carbonyl (C=O) groups excluding carboxylic acids is 1. The molecule has 1 aliphatic heterocycles. The number of amides is 1. The molecule has 104 valence electrons. The van der Waals surface area contributed by atoms with E-state index in [9.17, 15) is 4.79 Å². The summed E-state index contributed by atoms with van der Waals surface area (Å²) in [7, 11) is 0. The van der Waals surface area contributed by atoms with Gasteiger partial charge in [-0.25, -0.2) is 0 Å². The molecule has 0 spiro atoms. The summed E-state index contributed by atoms with van der Waals surface area (Å²) < 4.78 is 5.24. The zero-order chi connectivity index (χ0) is 13.7. The van der Waals surface area contributed by atoms with Crippen LogP contribution in [0.1, 0.15) is 25.3 Å². The topological polar surface area (TPSA) is 41.6 Å². The molecule has 1 N–H and O–H groups in total. The molecule has 1 saturated heterocycles. The van der Waals surface area contributed by atoms with Crippen LogP contribution in [0, 0.1) is 0 Å². The van der Waals surface area contributed by atoms with Crippen molar-refractivity contribution < 1.29 is 9.53 Å². The zero-order valence-electron chi connectivity index (χ0n) is 11.7. The van der Waals surface area contributed by atoms with Crippen molar-refractivity contribution in [1.82, 2.24) is 4.90 Å². The van der Waals surface area contributed by atoms with Gasteiger partial charge in [-0.1, -0.05) is 26.0 Å². The Bertz CT molecular complexity index is 426. The molecule has 0 aliphatic carbocycles. The molecule has 1 aromatic rings. The van der Waals surface area contributed by atoms with Crippen LogP contribution in [0.3, 0.4) is 0 Å². The number of morpholine rings is 1. The molecule has 19 heavy (non-hydrogen) atoms. The highest BCUT2D eigenvalue weighted by Crippen LogP contribution is 2.18. The lowest BCUT2D eigenvalue weighted by Crippen LogP contribution is -2.43. The average molecular weight is 262 g/mol. The molecular formula is C15H22N2O2. The summed E-state index contributed by atoms with van der Waals surface area (Å²) in [6.07, 6.45) is 0. The van der Waals surface area contributed by atoms with Crippen LogP contribution >= 0.6 is 0 Å². The van der Waals surface area contributed by atoms with Crippen LogP contribution < -0.4 is 5.32 Å².